The number of nitro groups is 1. The Morgan fingerprint density at radius 1 is 1.44 bits per heavy atom. The summed E-state index contributed by atoms with van der Waals surface area (Å²) in [6.07, 6.45) is 1.22. The largest absolute Gasteiger partial charge is 0.477 e. The van der Waals surface area contributed by atoms with Crippen molar-refractivity contribution in [2.45, 2.75) is 17.4 Å². The van der Waals surface area contributed by atoms with Crippen LogP contribution in [0.5, 0.6) is 5.75 Å². The van der Waals surface area contributed by atoms with E-state index in [1.165, 1.54) is 0 Å². The number of nitrogens with one attached hydrogen (secondary N) is 1. The van der Waals surface area contributed by atoms with Crippen LogP contribution in [0.3, 0.4) is 0 Å². The lowest BCUT2D eigenvalue weighted by Gasteiger charge is -2.12. The Morgan fingerprint density at radius 3 is 2.64 bits per heavy atom. The molecule has 1 amide bonds. The van der Waals surface area contributed by atoms with Gasteiger partial charge < -0.3 is 10.1 Å². The van der Waals surface area contributed by atoms with Crippen LogP contribution in [0.1, 0.15) is 6.42 Å². The van der Waals surface area contributed by atoms with Gasteiger partial charge in [-0.15, -0.1) is 0 Å². The second-order valence-corrected chi connectivity index (χ2v) is 9.86. The van der Waals surface area contributed by atoms with E-state index in [9.17, 15) is 31.7 Å². The van der Waals surface area contributed by atoms with E-state index < -0.39 is 48.8 Å². The van der Waals surface area contributed by atoms with Crippen molar-refractivity contribution in [1.29, 1.82) is 0 Å². The number of carbonyl (C=O) groups excluding carboxylic acids is 1. The summed E-state index contributed by atoms with van der Waals surface area (Å²) in [6.45, 7) is -0.560. The monoisotopic (exact) mass is 392 g/mol. The summed E-state index contributed by atoms with van der Waals surface area (Å²) in [5, 5.41) is 13.5. The van der Waals surface area contributed by atoms with Gasteiger partial charge in [0.05, 0.1) is 21.3 Å². The first-order valence-electron chi connectivity index (χ1n) is 7.09. The Kier molecular flexibility index (Phi) is 5.32. The highest BCUT2D eigenvalue weighted by molar-refractivity contribution is 7.91. The van der Waals surface area contributed by atoms with Gasteiger partial charge in [0.1, 0.15) is 0 Å². The topological polar surface area (TPSA) is 150 Å². The highest BCUT2D eigenvalue weighted by Crippen LogP contribution is 2.29. The van der Waals surface area contributed by atoms with E-state index in [-0.39, 0.29) is 22.2 Å². The molecule has 1 atom stereocenters. The third-order valence-corrected chi connectivity index (χ3v) is 6.39. The minimum atomic E-state index is -3.63. The van der Waals surface area contributed by atoms with Crippen LogP contribution in [0.2, 0.25) is 0 Å². The van der Waals surface area contributed by atoms with Crippen LogP contribution in [-0.2, 0) is 24.5 Å². The van der Waals surface area contributed by atoms with Crippen LogP contribution < -0.4 is 10.1 Å². The molecule has 1 N–H and O–H groups in total. The average molecular weight is 392 g/mol. The molecule has 2 rings (SSSR count). The minimum absolute atomic E-state index is 0.00275. The van der Waals surface area contributed by atoms with Gasteiger partial charge in [0, 0.05) is 18.4 Å². The van der Waals surface area contributed by atoms with Gasteiger partial charge in [-0.2, -0.15) is 0 Å². The number of hydrogen-bond acceptors (Lipinski definition) is 8. The van der Waals surface area contributed by atoms with Crippen molar-refractivity contribution < 1.29 is 31.3 Å². The highest BCUT2D eigenvalue weighted by Gasteiger charge is 2.29. The Morgan fingerprint density at radius 2 is 2.12 bits per heavy atom. The van der Waals surface area contributed by atoms with Crippen molar-refractivity contribution >= 4 is 31.3 Å². The summed E-state index contributed by atoms with van der Waals surface area (Å²) in [5.41, 5.74) is -0.584. The SMILES string of the molecule is CS(=O)(=O)c1ccc(OCC(=O)NC2CCS(=O)(=O)C2)c([N+](=O)[O-])c1. The molecule has 0 radical (unpaired) electrons. The number of sulfone groups is 2. The third-order valence-electron chi connectivity index (χ3n) is 3.51. The van der Waals surface area contributed by atoms with Crippen LogP contribution in [-0.4, -0.2) is 58.1 Å². The Balaban J connectivity index is 2.05. The molecule has 1 unspecified atom stereocenters. The number of benzene rings is 1. The molecular formula is C13H16N2O8S2. The lowest BCUT2D eigenvalue weighted by atomic mass is 10.2. The molecule has 25 heavy (non-hydrogen) atoms. The summed E-state index contributed by atoms with van der Waals surface area (Å²) in [6, 6.07) is 2.58. The van der Waals surface area contributed by atoms with E-state index >= 15 is 0 Å². The molecule has 1 aliphatic heterocycles. The van der Waals surface area contributed by atoms with E-state index in [2.05, 4.69) is 5.32 Å². The molecule has 0 spiro atoms. The van der Waals surface area contributed by atoms with Gasteiger partial charge in [-0.3, -0.25) is 14.9 Å². The first-order valence-corrected chi connectivity index (χ1v) is 10.8. The Hall–Kier alpha value is -2.21. The molecule has 12 heteroatoms. The molecule has 0 aromatic heterocycles. The normalized spacial score (nSPS) is 19.3. The number of amides is 1. The van der Waals surface area contributed by atoms with Crippen LogP contribution >= 0.6 is 0 Å². The molecule has 1 aromatic carbocycles. The van der Waals surface area contributed by atoms with Crippen LogP contribution in [0.15, 0.2) is 23.1 Å². The van der Waals surface area contributed by atoms with Gasteiger partial charge in [-0.25, -0.2) is 16.8 Å². The smallest absolute Gasteiger partial charge is 0.312 e. The lowest BCUT2D eigenvalue weighted by molar-refractivity contribution is -0.386. The predicted molar refractivity (Wildman–Crippen MR) is 86.9 cm³/mol. The molecule has 1 heterocycles. The molecule has 138 valence electrons. The molecule has 0 aliphatic carbocycles. The standard InChI is InChI=1S/C13H16N2O8S2/c1-24(19,20)10-2-3-12(11(6-10)15(17)18)23-7-13(16)14-9-4-5-25(21,22)8-9/h2-3,6,9H,4-5,7-8H2,1H3,(H,14,16). The van der Waals surface area contributed by atoms with Gasteiger partial charge in [0.25, 0.3) is 5.91 Å². The van der Waals surface area contributed by atoms with Crippen molar-refractivity contribution in [2.24, 2.45) is 0 Å². The number of carbonyl (C=O) groups is 1. The van der Waals surface area contributed by atoms with Gasteiger partial charge >= 0.3 is 5.69 Å². The zero-order valence-corrected chi connectivity index (χ0v) is 14.8. The summed E-state index contributed by atoms with van der Waals surface area (Å²) in [4.78, 5) is 21.8. The summed E-state index contributed by atoms with van der Waals surface area (Å²) >= 11 is 0. The fraction of sp³-hybridized carbons (Fsp3) is 0.462. The van der Waals surface area contributed by atoms with Crippen molar-refractivity contribution in [2.75, 3.05) is 24.4 Å². The van der Waals surface area contributed by atoms with E-state index in [1.54, 1.807) is 0 Å². The second kappa shape index (κ2) is 6.96. The molecule has 1 fully saturated rings. The zero-order chi connectivity index (χ0) is 18.8. The second-order valence-electron chi connectivity index (χ2n) is 5.61. The van der Waals surface area contributed by atoms with Gasteiger partial charge in [-0.05, 0) is 18.6 Å². The first-order chi connectivity index (χ1) is 11.5. The number of rotatable bonds is 6. The first kappa shape index (κ1) is 19.1. The van der Waals surface area contributed by atoms with E-state index in [0.717, 1.165) is 24.5 Å². The third kappa shape index (κ3) is 5.13. The van der Waals surface area contributed by atoms with Crippen LogP contribution in [0.4, 0.5) is 5.69 Å². The molecular weight excluding hydrogens is 376 g/mol. The van der Waals surface area contributed by atoms with Crippen molar-refractivity contribution in [3.63, 3.8) is 0 Å². The maximum atomic E-state index is 11.8. The fourth-order valence-corrected chi connectivity index (χ4v) is 4.63. The summed E-state index contributed by atoms with van der Waals surface area (Å²) < 4.78 is 50.7. The Labute approximate surface area is 144 Å². The predicted octanol–water partition coefficient (Wildman–Crippen LogP) is -0.320. The Bertz CT molecular complexity index is 908. The minimum Gasteiger partial charge on any atom is -0.477 e. The number of nitrogens with zero attached hydrogens (tertiary/aromatic N) is 1. The molecule has 0 saturated carbocycles. The van der Waals surface area contributed by atoms with Gasteiger partial charge in [-0.1, -0.05) is 0 Å². The summed E-state index contributed by atoms with van der Waals surface area (Å²) in [7, 11) is -6.78. The quantitative estimate of drug-likeness (QED) is 0.511. The zero-order valence-electron chi connectivity index (χ0n) is 13.2. The molecule has 10 nitrogen and oxygen atoms in total. The average Bonchev–Trinajstić information content (AvgIpc) is 2.82. The maximum Gasteiger partial charge on any atom is 0.312 e. The molecule has 1 saturated heterocycles. The lowest BCUT2D eigenvalue weighted by Crippen LogP contribution is -2.38. The van der Waals surface area contributed by atoms with Crippen molar-refractivity contribution in [3.05, 3.63) is 28.3 Å². The fourth-order valence-electron chi connectivity index (χ4n) is 2.31. The van der Waals surface area contributed by atoms with Crippen molar-refractivity contribution in [1.82, 2.24) is 5.32 Å². The van der Waals surface area contributed by atoms with E-state index in [1.807, 2.05) is 0 Å². The molecule has 1 aromatic rings. The van der Waals surface area contributed by atoms with E-state index in [0.29, 0.717) is 6.42 Å². The van der Waals surface area contributed by atoms with E-state index in [4.69, 9.17) is 4.74 Å². The number of nitro benzene ring substituents is 1. The summed E-state index contributed by atoms with van der Waals surface area (Å²) in [5.74, 6) is -1.03. The van der Waals surface area contributed by atoms with Crippen molar-refractivity contribution in [3.8, 4) is 5.75 Å². The number of ether oxygens (including phenoxy) is 1. The van der Waals surface area contributed by atoms with Gasteiger partial charge in [0.2, 0.25) is 0 Å². The molecule has 0 bridgehead atoms. The highest BCUT2D eigenvalue weighted by atomic mass is 32.2. The maximum absolute atomic E-state index is 11.8. The van der Waals surface area contributed by atoms with Gasteiger partial charge in [0.15, 0.2) is 32.0 Å². The molecule has 1 aliphatic rings. The van der Waals surface area contributed by atoms with Crippen LogP contribution in [0, 0.1) is 10.1 Å². The number of hydrogen-bond donors (Lipinski definition) is 1. The van der Waals surface area contributed by atoms with Crippen LogP contribution in [0.25, 0.3) is 0 Å².